The van der Waals surface area contributed by atoms with Crippen LogP contribution in [-0.4, -0.2) is 50.8 Å². The second kappa shape index (κ2) is 11.7. The van der Waals surface area contributed by atoms with Crippen LogP contribution in [0.4, 0.5) is 0 Å². The van der Waals surface area contributed by atoms with E-state index in [-0.39, 0.29) is 5.91 Å². The van der Waals surface area contributed by atoms with E-state index in [1.165, 1.54) is 11.6 Å². The lowest BCUT2D eigenvalue weighted by Crippen LogP contribution is -2.35. The number of carbonyl (C=O) groups is 1. The highest BCUT2D eigenvalue weighted by Gasteiger charge is 2.12. The number of morpholine rings is 1. The van der Waals surface area contributed by atoms with Crippen molar-refractivity contribution >= 4 is 23.6 Å². The van der Waals surface area contributed by atoms with Crippen LogP contribution in [0.3, 0.4) is 0 Å². The predicted molar refractivity (Wildman–Crippen MR) is 123 cm³/mol. The van der Waals surface area contributed by atoms with Crippen molar-refractivity contribution in [1.29, 1.82) is 0 Å². The Morgan fingerprint density at radius 2 is 2.00 bits per heavy atom. The first-order chi connectivity index (χ1) is 15.1. The number of benzene rings is 2. The summed E-state index contributed by atoms with van der Waals surface area (Å²) in [4.78, 5) is 14.7. The molecular formula is C24H29ClN2O4. The Hall–Kier alpha value is -2.54. The van der Waals surface area contributed by atoms with E-state index in [0.29, 0.717) is 29.7 Å². The van der Waals surface area contributed by atoms with E-state index in [2.05, 4.69) is 22.3 Å². The Labute approximate surface area is 188 Å². The van der Waals surface area contributed by atoms with E-state index in [9.17, 15) is 4.79 Å². The minimum atomic E-state index is -0.178. The SMILES string of the molecule is CCOc1c(Cl)cc(/C=C/C(=O)NCc2cccc(CN3CCOCC3)c2)cc1OC. The number of halogens is 1. The molecule has 0 saturated carbocycles. The molecule has 0 bridgehead atoms. The molecule has 0 aromatic heterocycles. The molecular weight excluding hydrogens is 416 g/mol. The first kappa shape index (κ1) is 23.1. The zero-order valence-electron chi connectivity index (χ0n) is 18.0. The monoisotopic (exact) mass is 444 g/mol. The maximum Gasteiger partial charge on any atom is 0.244 e. The number of methoxy groups -OCH3 is 1. The average Bonchev–Trinajstić information content (AvgIpc) is 2.78. The smallest absolute Gasteiger partial charge is 0.244 e. The van der Waals surface area contributed by atoms with E-state index in [1.807, 2.05) is 19.1 Å². The van der Waals surface area contributed by atoms with Gasteiger partial charge in [-0.05, 0) is 41.8 Å². The van der Waals surface area contributed by atoms with Crippen LogP contribution in [0.1, 0.15) is 23.6 Å². The molecule has 1 aliphatic heterocycles. The minimum absolute atomic E-state index is 0.178. The molecule has 0 atom stereocenters. The summed E-state index contributed by atoms with van der Waals surface area (Å²) in [6.45, 7) is 7.20. The number of nitrogens with zero attached hydrogens (tertiary/aromatic N) is 1. The zero-order valence-corrected chi connectivity index (χ0v) is 18.8. The topological polar surface area (TPSA) is 60.0 Å². The second-order valence-corrected chi connectivity index (χ2v) is 7.63. The van der Waals surface area contributed by atoms with E-state index in [0.717, 1.165) is 44.0 Å². The fourth-order valence-electron chi connectivity index (χ4n) is 3.40. The summed E-state index contributed by atoms with van der Waals surface area (Å²) in [6.07, 6.45) is 3.19. The van der Waals surface area contributed by atoms with Crippen LogP contribution in [-0.2, 0) is 22.6 Å². The number of rotatable bonds is 9. The van der Waals surface area contributed by atoms with Crippen molar-refractivity contribution in [2.45, 2.75) is 20.0 Å². The molecule has 7 heteroatoms. The molecule has 166 valence electrons. The van der Waals surface area contributed by atoms with Crippen LogP contribution in [0.15, 0.2) is 42.5 Å². The largest absolute Gasteiger partial charge is 0.493 e. The van der Waals surface area contributed by atoms with Crippen LogP contribution in [0.2, 0.25) is 5.02 Å². The molecule has 1 amide bonds. The lowest BCUT2D eigenvalue weighted by Gasteiger charge is -2.26. The summed E-state index contributed by atoms with van der Waals surface area (Å²) >= 11 is 6.28. The standard InChI is InChI=1S/C24H29ClN2O4/c1-3-31-24-21(25)14-18(15-22(24)29-2)7-8-23(28)26-16-19-5-4-6-20(13-19)17-27-9-11-30-12-10-27/h4-8,13-15H,3,9-12,16-17H2,1-2H3,(H,26,28)/b8-7+. The van der Waals surface area contributed by atoms with Crippen LogP contribution >= 0.6 is 11.6 Å². The van der Waals surface area contributed by atoms with Gasteiger partial charge >= 0.3 is 0 Å². The van der Waals surface area contributed by atoms with Gasteiger partial charge < -0.3 is 19.5 Å². The van der Waals surface area contributed by atoms with Crippen molar-refractivity contribution in [2.75, 3.05) is 40.0 Å². The van der Waals surface area contributed by atoms with Crippen molar-refractivity contribution < 1.29 is 19.0 Å². The van der Waals surface area contributed by atoms with Crippen LogP contribution in [0.5, 0.6) is 11.5 Å². The van der Waals surface area contributed by atoms with E-state index in [4.69, 9.17) is 25.8 Å². The number of amides is 1. The molecule has 6 nitrogen and oxygen atoms in total. The molecule has 31 heavy (non-hydrogen) atoms. The van der Waals surface area contributed by atoms with Crippen molar-refractivity contribution in [2.24, 2.45) is 0 Å². The third kappa shape index (κ3) is 6.99. The lowest BCUT2D eigenvalue weighted by atomic mass is 10.1. The van der Waals surface area contributed by atoms with Gasteiger partial charge in [0.2, 0.25) is 5.91 Å². The first-order valence-corrected chi connectivity index (χ1v) is 10.8. The Morgan fingerprint density at radius 3 is 2.74 bits per heavy atom. The Balaban J connectivity index is 1.56. The predicted octanol–water partition coefficient (Wildman–Crippen LogP) is 3.91. The average molecular weight is 445 g/mol. The van der Waals surface area contributed by atoms with Gasteiger partial charge in [-0.25, -0.2) is 0 Å². The summed E-state index contributed by atoms with van der Waals surface area (Å²) in [5.74, 6) is 0.860. The van der Waals surface area contributed by atoms with Crippen LogP contribution in [0.25, 0.3) is 6.08 Å². The molecule has 0 aliphatic carbocycles. The number of nitrogens with one attached hydrogen (secondary N) is 1. The third-order valence-corrected chi connectivity index (χ3v) is 5.22. The molecule has 0 radical (unpaired) electrons. The molecule has 1 heterocycles. The van der Waals surface area contributed by atoms with Gasteiger partial charge in [-0.15, -0.1) is 0 Å². The van der Waals surface area contributed by atoms with Gasteiger partial charge in [-0.2, -0.15) is 0 Å². The number of carbonyl (C=O) groups excluding carboxylic acids is 1. The second-order valence-electron chi connectivity index (χ2n) is 7.23. The minimum Gasteiger partial charge on any atom is -0.493 e. The van der Waals surface area contributed by atoms with Gasteiger partial charge in [-0.1, -0.05) is 35.9 Å². The maximum absolute atomic E-state index is 12.3. The number of hydrogen-bond acceptors (Lipinski definition) is 5. The van der Waals surface area contributed by atoms with Crippen LogP contribution < -0.4 is 14.8 Å². The van der Waals surface area contributed by atoms with E-state index in [1.54, 1.807) is 25.3 Å². The van der Waals surface area contributed by atoms with Gasteiger partial charge in [-0.3, -0.25) is 9.69 Å². The van der Waals surface area contributed by atoms with Crippen molar-refractivity contribution in [1.82, 2.24) is 10.2 Å². The van der Waals surface area contributed by atoms with E-state index >= 15 is 0 Å². The molecule has 1 N–H and O–H groups in total. The summed E-state index contributed by atoms with van der Waals surface area (Å²) in [6, 6.07) is 11.8. The highest BCUT2D eigenvalue weighted by atomic mass is 35.5. The maximum atomic E-state index is 12.3. The van der Waals surface area contributed by atoms with Gasteiger partial charge in [0.05, 0.1) is 32.0 Å². The van der Waals surface area contributed by atoms with E-state index < -0.39 is 0 Å². The van der Waals surface area contributed by atoms with Gasteiger partial charge in [0.25, 0.3) is 0 Å². The lowest BCUT2D eigenvalue weighted by molar-refractivity contribution is -0.116. The summed E-state index contributed by atoms with van der Waals surface area (Å²) < 4.78 is 16.3. The fourth-order valence-corrected chi connectivity index (χ4v) is 3.67. The van der Waals surface area contributed by atoms with Crippen molar-refractivity contribution in [3.63, 3.8) is 0 Å². The summed E-state index contributed by atoms with van der Waals surface area (Å²) in [5.41, 5.74) is 3.06. The highest BCUT2D eigenvalue weighted by Crippen LogP contribution is 2.36. The number of hydrogen-bond donors (Lipinski definition) is 1. The number of ether oxygens (including phenoxy) is 3. The summed E-state index contributed by atoms with van der Waals surface area (Å²) in [7, 11) is 1.56. The molecule has 3 rings (SSSR count). The normalized spacial score (nSPS) is 14.5. The molecule has 2 aromatic rings. The zero-order chi connectivity index (χ0) is 22.1. The third-order valence-electron chi connectivity index (χ3n) is 4.94. The first-order valence-electron chi connectivity index (χ1n) is 10.4. The molecule has 0 unspecified atom stereocenters. The molecule has 0 spiro atoms. The fraction of sp³-hybridized carbons (Fsp3) is 0.375. The molecule has 1 fully saturated rings. The van der Waals surface area contributed by atoms with Gasteiger partial charge in [0.1, 0.15) is 0 Å². The Morgan fingerprint density at radius 1 is 1.23 bits per heavy atom. The van der Waals surface area contributed by atoms with Crippen LogP contribution in [0, 0.1) is 0 Å². The van der Waals surface area contributed by atoms with Gasteiger partial charge in [0, 0.05) is 32.3 Å². The molecule has 2 aromatic carbocycles. The quantitative estimate of drug-likeness (QED) is 0.594. The van der Waals surface area contributed by atoms with Crippen molar-refractivity contribution in [3.05, 3.63) is 64.2 Å². The Bertz CT molecular complexity index is 910. The molecule has 1 aliphatic rings. The Kier molecular flexibility index (Phi) is 8.76. The highest BCUT2D eigenvalue weighted by molar-refractivity contribution is 6.32. The van der Waals surface area contributed by atoms with Crippen molar-refractivity contribution in [3.8, 4) is 11.5 Å². The molecule has 1 saturated heterocycles. The summed E-state index contributed by atoms with van der Waals surface area (Å²) in [5, 5.41) is 3.37. The van der Waals surface area contributed by atoms with Gasteiger partial charge in [0.15, 0.2) is 11.5 Å².